The van der Waals surface area contributed by atoms with E-state index in [0.29, 0.717) is 30.8 Å². The van der Waals surface area contributed by atoms with E-state index in [1.807, 2.05) is 4.90 Å². The standard InChI is InChI=1S/C18H30N4O3S/c23-17-6-5-16-12-21(8-9-22(16)17)18(20-15-3-1-2-4-15)19-11-14-7-10-26(24,25)13-14/h14-16H,1-13H2,(H,19,20). The molecule has 0 radical (unpaired) electrons. The van der Waals surface area contributed by atoms with E-state index < -0.39 is 9.84 Å². The first-order valence-electron chi connectivity index (χ1n) is 10.1. The lowest BCUT2D eigenvalue weighted by Gasteiger charge is -2.39. The Morgan fingerprint density at radius 1 is 1.15 bits per heavy atom. The van der Waals surface area contributed by atoms with Crippen LogP contribution in [0.3, 0.4) is 0 Å². The van der Waals surface area contributed by atoms with Gasteiger partial charge >= 0.3 is 0 Å². The van der Waals surface area contributed by atoms with Crippen LogP contribution in [0, 0.1) is 5.92 Å². The molecule has 4 aliphatic rings. The number of fused-ring (bicyclic) bond motifs is 1. The number of sulfone groups is 1. The van der Waals surface area contributed by atoms with Gasteiger partial charge in [-0.05, 0) is 31.6 Å². The zero-order chi connectivity index (χ0) is 18.1. The number of rotatable bonds is 3. The molecule has 4 fully saturated rings. The van der Waals surface area contributed by atoms with Gasteiger partial charge in [0.1, 0.15) is 0 Å². The summed E-state index contributed by atoms with van der Waals surface area (Å²) < 4.78 is 23.4. The molecule has 7 nitrogen and oxygen atoms in total. The van der Waals surface area contributed by atoms with Crippen LogP contribution in [0.4, 0.5) is 0 Å². The lowest BCUT2D eigenvalue weighted by atomic mass is 10.1. The van der Waals surface area contributed by atoms with Gasteiger partial charge in [-0.25, -0.2) is 8.42 Å². The van der Waals surface area contributed by atoms with Crippen molar-refractivity contribution in [2.45, 2.75) is 57.0 Å². The molecule has 3 saturated heterocycles. The van der Waals surface area contributed by atoms with Crippen molar-refractivity contribution in [2.75, 3.05) is 37.7 Å². The average molecular weight is 383 g/mol. The smallest absolute Gasteiger partial charge is 0.223 e. The lowest BCUT2D eigenvalue weighted by Crippen LogP contribution is -2.57. The number of guanidine groups is 1. The summed E-state index contributed by atoms with van der Waals surface area (Å²) in [5.74, 6) is 1.95. The summed E-state index contributed by atoms with van der Waals surface area (Å²) in [5.41, 5.74) is 0. The molecule has 1 N–H and O–H groups in total. The van der Waals surface area contributed by atoms with Gasteiger partial charge in [0.2, 0.25) is 5.91 Å². The molecule has 0 aromatic rings. The summed E-state index contributed by atoms with van der Waals surface area (Å²) >= 11 is 0. The SMILES string of the molecule is O=C1CCC2CN(C(=NCC3CCS(=O)(=O)C3)NC3CCCC3)CCN12. The number of hydrogen-bond donors (Lipinski definition) is 1. The maximum absolute atomic E-state index is 11.9. The third kappa shape index (κ3) is 4.00. The normalized spacial score (nSPS) is 32.3. The molecule has 3 aliphatic heterocycles. The number of hydrogen-bond acceptors (Lipinski definition) is 4. The van der Waals surface area contributed by atoms with Crippen molar-refractivity contribution < 1.29 is 13.2 Å². The highest BCUT2D eigenvalue weighted by molar-refractivity contribution is 7.91. The van der Waals surface area contributed by atoms with E-state index in [9.17, 15) is 13.2 Å². The van der Waals surface area contributed by atoms with Gasteiger partial charge in [-0.1, -0.05) is 12.8 Å². The average Bonchev–Trinajstić information content (AvgIpc) is 3.33. The molecular weight excluding hydrogens is 352 g/mol. The van der Waals surface area contributed by atoms with E-state index in [0.717, 1.165) is 38.4 Å². The predicted molar refractivity (Wildman–Crippen MR) is 101 cm³/mol. The van der Waals surface area contributed by atoms with Gasteiger partial charge in [0.25, 0.3) is 0 Å². The van der Waals surface area contributed by atoms with Crippen molar-refractivity contribution in [3.63, 3.8) is 0 Å². The highest BCUT2D eigenvalue weighted by Crippen LogP contribution is 2.24. The van der Waals surface area contributed by atoms with E-state index in [2.05, 4.69) is 10.2 Å². The Hall–Kier alpha value is -1.31. The van der Waals surface area contributed by atoms with Gasteiger partial charge in [0.05, 0.1) is 11.5 Å². The van der Waals surface area contributed by atoms with Crippen LogP contribution in [-0.2, 0) is 14.6 Å². The Labute approximate surface area is 156 Å². The molecule has 1 saturated carbocycles. The van der Waals surface area contributed by atoms with Gasteiger partial charge in [0.15, 0.2) is 15.8 Å². The molecule has 4 rings (SSSR count). The van der Waals surface area contributed by atoms with Crippen LogP contribution < -0.4 is 5.32 Å². The van der Waals surface area contributed by atoms with E-state index in [1.54, 1.807) is 0 Å². The Morgan fingerprint density at radius 2 is 1.96 bits per heavy atom. The monoisotopic (exact) mass is 382 g/mol. The zero-order valence-electron chi connectivity index (χ0n) is 15.4. The predicted octanol–water partition coefficient (Wildman–Crippen LogP) is 0.616. The lowest BCUT2D eigenvalue weighted by molar-refractivity contribution is -0.130. The first-order valence-corrected chi connectivity index (χ1v) is 11.9. The second-order valence-electron chi connectivity index (χ2n) is 8.28. The number of amides is 1. The molecule has 1 aliphatic carbocycles. The van der Waals surface area contributed by atoms with Gasteiger partial charge in [0, 0.05) is 44.7 Å². The summed E-state index contributed by atoms with van der Waals surface area (Å²) in [6.07, 6.45) is 7.21. The maximum atomic E-state index is 11.9. The van der Waals surface area contributed by atoms with Crippen molar-refractivity contribution in [3.8, 4) is 0 Å². The van der Waals surface area contributed by atoms with E-state index in [1.165, 1.54) is 25.7 Å². The largest absolute Gasteiger partial charge is 0.354 e. The Balaban J connectivity index is 1.43. The van der Waals surface area contributed by atoms with Crippen LogP contribution in [0.15, 0.2) is 4.99 Å². The highest BCUT2D eigenvalue weighted by Gasteiger charge is 2.37. The Morgan fingerprint density at radius 3 is 2.69 bits per heavy atom. The number of piperazine rings is 1. The van der Waals surface area contributed by atoms with Gasteiger partial charge < -0.3 is 15.1 Å². The van der Waals surface area contributed by atoms with Crippen LogP contribution in [0.5, 0.6) is 0 Å². The number of nitrogens with zero attached hydrogens (tertiary/aromatic N) is 3. The molecule has 2 atom stereocenters. The van der Waals surface area contributed by atoms with Crippen LogP contribution in [0.1, 0.15) is 44.9 Å². The number of carbonyl (C=O) groups excluding carboxylic acids is 1. The summed E-state index contributed by atoms with van der Waals surface area (Å²) in [5, 5.41) is 3.64. The quantitative estimate of drug-likeness (QED) is 0.571. The zero-order valence-corrected chi connectivity index (χ0v) is 16.2. The van der Waals surface area contributed by atoms with Crippen LogP contribution in [-0.4, -0.2) is 79.9 Å². The Bertz CT molecular complexity index is 672. The van der Waals surface area contributed by atoms with Crippen molar-refractivity contribution in [3.05, 3.63) is 0 Å². The number of aliphatic imine (C=N–C) groups is 1. The van der Waals surface area contributed by atoms with Gasteiger partial charge in [-0.2, -0.15) is 0 Å². The van der Waals surface area contributed by atoms with Crippen LogP contribution >= 0.6 is 0 Å². The molecule has 0 bridgehead atoms. The van der Waals surface area contributed by atoms with Crippen molar-refractivity contribution >= 4 is 21.7 Å². The third-order valence-electron chi connectivity index (χ3n) is 6.31. The second kappa shape index (κ2) is 7.37. The topological polar surface area (TPSA) is 82.1 Å². The van der Waals surface area contributed by atoms with Gasteiger partial charge in [-0.15, -0.1) is 0 Å². The number of nitrogens with one attached hydrogen (secondary N) is 1. The summed E-state index contributed by atoms with van der Waals surface area (Å²) in [6.45, 7) is 3.00. The molecule has 146 valence electrons. The minimum absolute atomic E-state index is 0.148. The highest BCUT2D eigenvalue weighted by atomic mass is 32.2. The second-order valence-corrected chi connectivity index (χ2v) is 10.5. The Kier molecular flexibility index (Phi) is 5.12. The maximum Gasteiger partial charge on any atom is 0.223 e. The molecule has 3 heterocycles. The van der Waals surface area contributed by atoms with Crippen molar-refractivity contribution in [1.82, 2.24) is 15.1 Å². The number of carbonyl (C=O) groups is 1. The molecule has 26 heavy (non-hydrogen) atoms. The fraction of sp³-hybridized carbons (Fsp3) is 0.889. The molecule has 0 aromatic carbocycles. The molecule has 2 unspecified atom stereocenters. The first-order chi connectivity index (χ1) is 12.5. The van der Waals surface area contributed by atoms with E-state index in [4.69, 9.17) is 4.99 Å². The van der Waals surface area contributed by atoms with Crippen LogP contribution in [0.25, 0.3) is 0 Å². The van der Waals surface area contributed by atoms with E-state index >= 15 is 0 Å². The minimum Gasteiger partial charge on any atom is -0.354 e. The fourth-order valence-corrected chi connectivity index (χ4v) is 6.63. The van der Waals surface area contributed by atoms with Crippen molar-refractivity contribution in [1.29, 1.82) is 0 Å². The van der Waals surface area contributed by atoms with Gasteiger partial charge in [-0.3, -0.25) is 9.79 Å². The van der Waals surface area contributed by atoms with E-state index in [-0.39, 0.29) is 17.6 Å². The molecule has 0 spiro atoms. The molecule has 8 heteroatoms. The summed E-state index contributed by atoms with van der Waals surface area (Å²) in [7, 11) is -2.86. The third-order valence-corrected chi connectivity index (χ3v) is 8.15. The first kappa shape index (κ1) is 18.1. The minimum atomic E-state index is -2.86. The molecule has 1 amide bonds. The molecular formula is C18H30N4O3S. The summed E-state index contributed by atoms with van der Waals surface area (Å²) in [4.78, 5) is 21.1. The molecule has 0 aromatic heterocycles. The van der Waals surface area contributed by atoms with Crippen molar-refractivity contribution in [2.24, 2.45) is 10.9 Å². The summed E-state index contributed by atoms with van der Waals surface area (Å²) in [6, 6.07) is 0.781. The fourth-order valence-electron chi connectivity index (χ4n) is 4.78. The van der Waals surface area contributed by atoms with Crippen LogP contribution in [0.2, 0.25) is 0 Å².